The predicted octanol–water partition coefficient (Wildman–Crippen LogP) is 2.52. The molecule has 130 valence electrons. The third kappa shape index (κ3) is 11.4. The molecular formula is C16H33N3O3. The van der Waals surface area contributed by atoms with Crippen molar-refractivity contribution >= 4 is 12.0 Å². The molecule has 22 heavy (non-hydrogen) atoms. The number of carboxylic acid groups (broad SMARTS) is 1. The van der Waals surface area contributed by atoms with Gasteiger partial charge in [-0.3, -0.25) is 4.79 Å². The van der Waals surface area contributed by atoms with Gasteiger partial charge in [0, 0.05) is 19.6 Å². The van der Waals surface area contributed by atoms with E-state index < -0.39 is 5.97 Å². The minimum absolute atomic E-state index is 0.262. The molecule has 3 N–H and O–H groups in total. The number of hydrogen-bond donors (Lipinski definition) is 2. The number of aliphatic carboxylic acids is 1. The molecule has 0 aromatic carbocycles. The zero-order valence-corrected chi connectivity index (χ0v) is 14.2. The van der Waals surface area contributed by atoms with E-state index in [-0.39, 0.29) is 12.5 Å². The van der Waals surface area contributed by atoms with Crippen molar-refractivity contribution in [3.8, 4) is 0 Å². The second kappa shape index (κ2) is 13.4. The summed E-state index contributed by atoms with van der Waals surface area (Å²) in [6.45, 7) is 8.66. The van der Waals surface area contributed by atoms with Crippen LogP contribution in [-0.2, 0) is 4.79 Å². The molecule has 0 unspecified atom stereocenters. The van der Waals surface area contributed by atoms with Crippen molar-refractivity contribution in [2.24, 2.45) is 5.73 Å². The molecule has 0 aliphatic carbocycles. The summed E-state index contributed by atoms with van der Waals surface area (Å²) in [6, 6.07) is -0.262. The Balaban J connectivity index is 0.000000406. The normalized spacial score (nSPS) is 15.0. The number of carbonyl (C=O) groups is 2. The third-order valence-corrected chi connectivity index (χ3v) is 3.64. The highest BCUT2D eigenvalue weighted by atomic mass is 16.4. The fourth-order valence-corrected chi connectivity index (χ4v) is 2.51. The summed E-state index contributed by atoms with van der Waals surface area (Å²) in [7, 11) is 0. The smallest absolute Gasteiger partial charge is 0.314 e. The Hall–Kier alpha value is -1.30. The molecule has 1 heterocycles. The molecule has 1 fully saturated rings. The molecule has 1 rings (SSSR count). The average molecular weight is 315 g/mol. The van der Waals surface area contributed by atoms with Crippen LogP contribution in [0.15, 0.2) is 0 Å². The molecular weight excluding hydrogens is 282 g/mol. The second-order valence-corrected chi connectivity index (χ2v) is 5.72. The van der Waals surface area contributed by atoms with Gasteiger partial charge in [-0.15, -0.1) is 0 Å². The fourth-order valence-electron chi connectivity index (χ4n) is 2.51. The number of carbonyl (C=O) groups excluding carboxylic acids is 1. The lowest BCUT2D eigenvalue weighted by atomic mass is 10.2. The van der Waals surface area contributed by atoms with E-state index >= 15 is 0 Å². The van der Waals surface area contributed by atoms with Gasteiger partial charge >= 0.3 is 12.0 Å². The van der Waals surface area contributed by atoms with E-state index in [0.717, 1.165) is 51.9 Å². The Morgan fingerprint density at radius 1 is 1.00 bits per heavy atom. The highest BCUT2D eigenvalue weighted by Crippen LogP contribution is 2.08. The summed E-state index contributed by atoms with van der Waals surface area (Å²) >= 11 is 0. The molecule has 1 aliphatic heterocycles. The Morgan fingerprint density at radius 2 is 1.50 bits per heavy atom. The first-order chi connectivity index (χ1) is 10.5. The maximum absolute atomic E-state index is 10.7. The first kappa shape index (κ1) is 20.7. The van der Waals surface area contributed by atoms with E-state index in [0.29, 0.717) is 6.54 Å². The lowest BCUT2D eigenvalue weighted by Gasteiger charge is -2.19. The van der Waals surface area contributed by atoms with Gasteiger partial charge in [-0.05, 0) is 38.8 Å². The molecule has 6 nitrogen and oxygen atoms in total. The van der Waals surface area contributed by atoms with Crippen LogP contribution in [0.2, 0.25) is 0 Å². The molecule has 0 aromatic heterocycles. The third-order valence-electron chi connectivity index (χ3n) is 3.64. The van der Waals surface area contributed by atoms with E-state index in [9.17, 15) is 9.59 Å². The quantitative estimate of drug-likeness (QED) is 0.756. The largest absolute Gasteiger partial charge is 0.481 e. The summed E-state index contributed by atoms with van der Waals surface area (Å²) in [4.78, 5) is 24.9. The van der Waals surface area contributed by atoms with Crippen LogP contribution in [0, 0.1) is 0 Å². The predicted molar refractivity (Wildman–Crippen MR) is 88.9 cm³/mol. The number of amides is 2. The molecule has 1 aliphatic rings. The number of primary amides is 1. The molecule has 6 heteroatoms. The minimum Gasteiger partial charge on any atom is -0.481 e. The Labute approximate surface area is 134 Å². The summed E-state index contributed by atoms with van der Waals surface area (Å²) < 4.78 is 0. The van der Waals surface area contributed by atoms with Gasteiger partial charge in [-0.1, -0.05) is 26.7 Å². The molecule has 0 saturated carbocycles. The van der Waals surface area contributed by atoms with Gasteiger partial charge in [0.15, 0.2) is 0 Å². The number of urea groups is 1. The van der Waals surface area contributed by atoms with Crippen LogP contribution in [-0.4, -0.2) is 59.6 Å². The molecule has 0 spiro atoms. The number of likely N-dealkylation sites (tertiary alicyclic amines) is 1. The van der Waals surface area contributed by atoms with Crippen molar-refractivity contribution in [3.05, 3.63) is 0 Å². The maximum Gasteiger partial charge on any atom is 0.314 e. The molecule has 0 radical (unpaired) electrons. The standard InChI is InChI=1S/C9H19NO2.C7H14N2O/c1-3-6-10(7-4-2)8-5-9(11)12;8-7(10)9-5-3-1-2-4-6-9/h3-8H2,1-2H3,(H,11,12);1-6H2,(H2,8,10). The highest BCUT2D eigenvalue weighted by molar-refractivity contribution is 5.71. The summed E-state index contributed by atoms with van der Waals surface area (Å²) in [5.41, 5.74) is 5.12. The monoisotopic (exact) mass is 315 g/mol. The number of nitrogens with zero attached hydrogens (tertiary/aromatic N) is 2. The molecule has 2 amide bonds. The van der Waals surface area contributed by atoms with Gasteiger partial charge in [-0.2, -0.15) is 0 Å². The lowest BCUT2D eigenvalue weighted by molar-refractivity contribution is -0.137. The topological polar surface area (TPSA) is 86.9 Å². The first-order valence-electron chi connectivity index (χ1n) is 8.49. The SMILES string of the molecule is CCCN(CCC)CCC(=O)O.NC(=O)N1CCCCCC1. The van der Waals surface area contributed by atoms with Crippen molar-refractivity contribution in [2.45, 2.75) is 58.8 Å². The van der Waals surface area contributed by atoms with Gasteiger partial charge in [0.1, 0.15) is 0 Å². The first-order valence-corrected chi connectivity index (χ1v) is 8.49. The fraction of sp³-hybridized carbons (Fsp3) is 0.875. The van der Waals surface area contributed by atoms with E-state index in [2.05, 4.69) is 18.7 Å². The molecule has 0 atom stereocenters. The van der Waals surface area contributed by atoms with E-state index in [1.807, 2.05) is 0 Å². The summed E-state index contributed by atoms with van der Waals surface area (Å²) in [5.74, 6) is -0.702. The van der Waals surface area contributed by atoms with E-state index in [4.69, 9.17) is 10.8 Å². The Morgan fingerprint density at radius 3 is 1.86 bits per heavy atom. The van der Waals surface area contributed by atoms with Crippen LogP contribution in [0.3, 0.4) is 0 Å². The number of carboxylic acids is 1. The minimum atomic E-state index is -0.702. The maximum atomic E-state index is 10.7. The zero-order chi connectivity index (χ0) is 16.8. The van der Waals surface area contributed by atoms with Crippen LogP contribution in [0.4, 0.5) is 4.79 Å². The number of rotatable bonds is 7. The average Bonchev–Trinajstić information content (AvgIpc) is 2.75. The molecule has 1 saturated heterocycles. The van der Waals surface area contributed by atoms with E-state index in [1.165, 1.54) is 12.8 Å². The van der Waals surface area contributed by atoms with Crippen LogP contribution >= 0.6 is 0 Å². The van der Waals surface area contributed by atoms with Crippen LogP contribution < -0.4 is 5.73 Å². The Bertz CT molecular complexity index is 297. The van der Waals surface area contributed by atoms with Gasteiger partial charge < -0.3 is 20.6 Å². The van der Waals surface area contributed by atoms with Gasteiger partial charge in [-0.25, -0.2) is 4.79 Å². The molecule has 0 aromatic rings. The van der Waals surface area contributed by atoms with Crippen molar-refractivity contribution in [2.75, 3.05) is 32.7 Å². The van der Waals surface area contributed by atoms with Crippen molar-refractivity contribution in [3.63, 3.8) is 0 Å². The highest BCUT2D eigenvalue weighted by Gasteiger charge is 2.10. The van der Waals surface area contributed by atoms with Crippen molar-refractivity contribution in [1.29, 1.82) is 0 Å². The van der Waals surface area contributed by atoms with Gasteiger partial charge in [0.2, 0.25) is 0 Å². The van der Waals surface area contributed by atoms with Crippen LogP contribution in [0.1, 0.15) is 58.8 Å². The van der Waals surface area contributed by atoms with Crippen molar-refractivity contribution in [1.82, 2.24) is 9.80 Å². The van der Waals surface area contributed by atoms with E-state index in [1.54, 1.807) is 4.90 Å². The van der Waals surface area contributed by atoms with Gasteiger partial charge in [0.05, 0.1) is 6.42 Å². The second-order valence-electron chi connectivity index (χ2n) is 5.72. The lowest BCUT2D eigenvalue weighted by Crippen LogP contribution is -2.36. The summed E-state index contributed by atoms with van der Waals surface area (Å²) in [6.07, 6.45) is 7.17. The molecule has 0 bridgehead atoms. The zero-order valence-electron chi connectivity index (χ0n) is 14.2. The Kier molecular flexibility index (Phi) is 12.6. The van der Waals surface area contributed by atoms with Crippen LogP contribution in [0.5, 0.6) is 0 Å². The number of hydrogen-bond acceptors (Lipinski definition) is 3. The number of nitrogens with two attached hydrogens (primary N) is 1. The summed E-state index contributed by atoms with van der Waals surface area (Å²) in [5, 5.41) is 8.47. The van der Waals surface area contributed by atoms with Crippen LogP contribution in [0.25, 0.3) is 0 Å². The van der Waals surface area contributed by atoms with Crippen molar-refractivity contribution < 1.29 is 14.7 Å². The van der Waals surface area contributed by atoms with Gasteiger partial charge in [0.25, 0.3) is 0 Å².